The fourth-order valence-electron chi connectivity index (χ4n) is 4.21. The molecule has 0 fully saturated rings. The number of esters is 1. The molecule has 238 valence electrons. The second-order valence-electron chi connectivity index (χ2n) is 10.5. The van der Waals surface area contributed by atoms with E-state index in [4.69, 9.17) is 19.3 Å². The van der Waals surface area contributed by atoms with Crippen LogP contribution in [0, 0.1) is 0 Å². The van der Waals surface area contributed by atoms with Gasteiger partial charge in [-0.3, -0.25) is 0 Å². The van der Waals surface area contributed by atoms with Gasteiger partial charge in [0.25, 0.3) is 0 Å². The zero-order chi connectivity index (χ0) is 32.9. The molecule has 45 heavy (non-hydrogen) atoms. The van der Waals surface area contributed by atoms with Crippen molar-refractivity contribution in [3.05, 3.63) is 107 Å². The fraction of sp³-hybridized carbons (Fsp3) is 0.257. The number of carbonyl (C=O) groups is 2. The number of hydrogen-bond donors (Lipinski definition) is 1. The van der Waals surface area contributed by atoms with Crippen LogP contribution in [0.1, 0.15) is 31.8 Å². The molecule has 8 nitrogen and oxygen atoms in total. The van der Waals surface area contributed by atoms with Gasteiger partial charge in [0, 0.05) is 34.0 Å². The molecule has 0 saturated carbocycles. The molecule has 0 aliphatic heterocycles. The topological polar surface area (TPSA) is 88.5 Å². The lowest BCUT2D eigenvalue weighted by Gasteiger charge is -2.16. The van der Waals surface area contributed by atoms with Crippen LogP contribution in [0.25, 0.3) is 0 Å². The molecule has 0 unspecified atom stereocenters. The minimum absolute atomic E-state index is 0.266. The average molecular weight is 649 g/mol. The van der Waals surface area contributed by atoms with Gasteiger partial charge < -0.3 is 29.1 Å². The second-order valence-corrected chi connectivity index (χ2v) is 12.2. The van der Waals surface area contributed by atoms with Gasteiger partial charge in [0.15, 0.2) is 0 Å². The van der Waals surface area contributed by atoms with E-state index in [0.717, 1.165) is 28.4 Å². The molecule has 4 aromatic carbocycles. The largest absolute Gasteiger partial charge is 0.478 e. The van der Waals surface area contributed by atoms with Gasteiger partial charge in [-0.25, -0.2) is 9.59 Å². The maximum Gasteiger partial charge on any atom is 0.337 e. The molecule has 0 amide bonds. The van der Waals surface area contributed by atoms with Gasteiger partial charge in [-0.2, -0.15) is 0 Å². The van der Waals surface area contributed by atoms with E-state index in [0.29, 0.717) is 24.4 Å². The molecule has 1 N–H and O–H groups in total. The summed E-state index contributed by atoms with van der Waals surface area (Å²) in [6, 6.07) is 26.0. The predicted molar refractivity (Wildman–Crippen MR) is 183 cm³/mol. The van der Waals surface area contributed by atoms with E-state index in [1.165, 1.54) is 16.9 Å². The van der Waals surface area contributed by atoms with Crippen molar-refractivity contribution in [2.75, 3.05) is 47.8 Å². The number of thioether (sulfide) groups is 2. The second kappa shape index (κ2) is 17.5. The van der Waals surface area contributed by atoms with Gasteiger partial charge in [-0.1, -0.05) is 0 Å². The summed E-state index contributed by atoms with van der Waals surface area (Å²) in [6.45, 7) is 1.28. The third kappa shape index (κ3) is 11.2. The summed E-state index contributed by atoms with van der Waals surface area (Å²) in [5, 5.41) is 9.12. The normalized spacial score (nSPS) is 10.7. The zero-order valence-corrected chi connectivity index (χ0v) is 28.3. The van der Waals surface area contributed by atoms with Crippen LogP contribution in [0.4, 0.5) is 0 Å². The Hall–Kier alpha value is -3.96. The average Bonchev–Trinajstić information content (AvgIpc) is 3.02. The maximum atomic E-state index is 11.7. The highest BCUT2D eigenvalue weighted by Gasteiger charge is 2.13. The molecule has 0 heterocycles. The Bertz CT molecular complexity index is 1560. The first-order valence-corrected chi connectivity index (χ1v) is 16.5. The monoisotopic (exact) mass is 648 g/mol. The van der Waals surface area contributed by atoms with E-state index < -0.39 is 5.97 Å². The van der Waals surface area contributed by atoms with Crippen LogP contribution in [0.15, 0.2) is 94.7 Å². The Morgan fingerprint density at radius 1 is 0.644 bits per heavy atom. The molecule has 0 aromatic heterocycles. The van der Waals surface area contributed by atoms with Gasteiger partial charge in [-0.15, -0.1) is 23.5 Å². The molecule has 10 heteroatoms. The first-order valence-electron chi connectivity index (χ1n) is 14.0. The summed E-state index contributed by atoms with van der Waals surface area (Å²) in [7, 11) is 9.20. The van der Waals surface area contributed by atoms with E-state index in [2.05, 4.69) is 0 Å². The highest BCUT2D eigenvalue weighted by atomic mass is 32.2. The van der Waals surface area contributed by atoms with Crippen LogP contribution in [0.2, 0.25) is 0 Å². The van der Waals surface area contributed by atoms with Gasteiger partial charge in [0.1, 0.15) is 23.0 Å². The van der Waals surface area contributed by atoms with Crippen LogP contribution in [-0.2, 0) is 17.8 Å². The minimum atomic E-state index is -0.934. The SMILES string of the molecule is COC(=O)c1ccc(Oc2ccc(SC)cc2)c(CN(C)C)c1.CSc1ccc(Oc2ccc(C(=O)O)cc2CN(C)C)cc1. The summed E-state index contributed by atoms with van der Waals surface area (Å²) in [4.78, 5) is 29.2. The van der Waals surface area contributed by atoms with E-state index in [-0.39, 0.29) is 11.5 Å². The number of methoxy groups -OCH3 is 1. The lowest BCUT2D eigenvalue weighted by Crippen LogP contribution is -2.12. The van der Waals surface area contributed by atoms with E-state index >= 15 is 0 Å². The summed E-state index contributed by atoms with van der Waals surface area (Å²) in [6.07, 6.45) is 4.06. The molecule has 0 saturated heterocycles. The fourth-order valence-corrected chi connectivity index (χ4v) is 5.02. The summed E-state index contributed by atoms with van der Waals surface area (Å²) < 4.78 is 16.7. The van der Waals surface area contributed by atoms with Crippen LogP contribution in [0.3, 0.4) is 0 Å². The minimum Gasteiger partial charge on any atom is -0.478 e. The van der Waals surface area contributed by atoms with E-state index in [1.807, 2.05) is 111 Å². The molecular formula is C35H40N2O6S2. The molecule has 4 rings (SSSR count). The number of nitrogens with zero attached hydrogens (tertiary/aromatic N) is 2. The number of aromatic carboxylic acids is 1. The Balaban J connectivity index is 0.000000246. The molecule has 0 bridgehead atoms. The Kier molecular flexibility index (Phi) is 13.8. The number of hydrogen-bond acceptors (Lipinski definition) is 9. The molecule has 4 aromatic rings. The van der Waals surface area contributed by atoms with Crippen molar-refractivity contribution >= 4 is 35.5 Å². The van der Waals surface area contributed by atoms with Gasteiger partial charge in [-0.05, 0) is 126 Å². The molecule has 0 atom stereocenters. The number of carboxylic acids is 1. The lowest BCUT2D eigenvalue weighted by atomic mass is 10.1. The number of carboxylic acid groups (broad SMARTS) is 1. The maximum absolute atomic E-state index is 11.7. The summed E-state index contributed by atoms with van der Waals surface area (Å²) >= 11 is 3.36. The quantitative estimate of drug-likeness (QED) is 0.120. The Morgan fingerprint density at radius 3 is 1.40 bits per heavy atom. The van der Waals surface area contributed by atoms with Crippen LogP contribution < -0.4 is 9.47 Å². The van der Waals surface area contributed by atoms with Gasteiger partial charge in [0.2, 0.25) is 0 Å². The third-order valence-corrected chi connectivity index (χ3v) is 7.82. The summed E-state index contributed by atoms with van der Waals surface area (Å²) in [5.41, 5.74) is 2.57. The van der Waals surface area contributed by atoms with Gasteiger partial charge >= 0.3 is 11.9 Å². The van der Waals surface area contributed by atoms with Crippen molar-refractivity contribution < 1.29 is 28.9 Å². The Labute approximate surface area is 274 Å². The van der Waals surface area contributed by atoms with Crippen molar-refractivity contribution in [1.82, 2.24) is 9.80 Å². The van der Waals surface area contributed by atoms with Crippen LogP contribution >= 0.6 is 23.5 Å². The lowest BCUT2D eigenvalue weighted by molar-refractivity contribution is 0.0599. The van der Waals surface area contributed by atoms with E-state index in [9.17, 15) is 9.59 Å². The van der Waals surface area contributed by atoms with Crippen molar-refractivity contribution in [3.8, 4) is 23.0 Å². The first-order chi connectivity index (χ1) is 21.5. The predicted octanol–water partition coefficient (Wildman–Crippen LogP) is 8.01. The van der Waals surface area contributed by atoms with Gasteiger partial charge in [0.05, 0.1) is 18.2 Å². The zero-order valence-electron chi connectivity index (χ0n) is 26.7. The van der Waals surface area contributed by atoms with E-state index in [1.54, 1.807) is 47.8 Å². The first kappa shape index (κ1) is 35.5. The number of carbonyl (C=O) groups excluding carboxylic acids is 1. The highest BCUT2D eigenvalue weighted by Crippen LogP contribution is 2.30. The summed E-state index contributed by atoms with van der Waals surface area (Å²) in [5.74, 6) is 1.64. The molecule has 0 aliphatic rings. The molecular weight excluding hydrogens is 609 g/mol. The van der Waals surface area contributed by atoms with Crippen molar-refractivity contribution in [2.45, 2.75) is 22.9 Å². The molecule has 0 aliphatic carbocycles. The van der Waals surface area contributed by atoms with Crippen molar-refractivity contribution in [2.24, 2.45) is 0 Å². The molecule has 0 radical (unpaired) electrons. The third-order valence-electron chi connectivity index (χ3n) is 6.34. The number of rotatable bonds is 12. The van der Waals surface area contributed by atoms with Crippen LogP contribution in [-0.4, -0.2) is 74.7 Å². The number of benzene rings is 4. The Morgan fingerprint density at radius 2 is 1.04 bits per heavy atom. The smallest absolute Gasteiger partial charge is 0.337 e. The van der Waals surface area contributed by atoms with Crippen molar-refractivity contribution in [3.63, 3.8) is 0 Å². The molecule has 0 spiro atoms. The number of ether oxygens (including phenoxy) is 3. The van der Waals surface area contributed by atoms with Crippen molar-refractivity contribution in [1.29, 1.82) is 0 Å². The highest BCUT2D eigenvalue weighted by molar-refractivity contribution is 7.98. The van der Waals surface area contributed by atoms with Crippen LogP contribution in [0.5, 0.6) is 23.0 Å². The standard InChI is InChI=1S/C18H21NO3S.C17H19NO3S/c1-19(2)12-14-11-13(18(20)21-3)5-10-17(14)22-15-6-8-16(23-4)9-7-15;1-18(2)11-13-10-12(17(19)20)4-9-16(13)21-14-5-7-15(22-3)8-6-14/h5-11H,12H2,1-4H3;4-10H,11H2,1-3H3,(H,19,20).